The number of fused-ring (bicyclic) bond motifs is 1. The Morgan fingerprint density at radius 2 is 1.87 bits per heavy atom. The van der Waals surface area contributed by atoms with E-state index in [2.05, 4.69) is 16.5 Å². The molecule has 1 saturated heterocycles. The van der Waals surface area contributed by atoms with E-state index in [1.807, 2.05) is 0 Å². The van der Waals surface area contributed by atoms with Gasteiger partial charge in [0.2, 0.25) is 11.8 Å². The van der Waals surface area contributed by atoms with Crippen LogP contribution >= 0.6 is 11.3 Å². The molecule has 3 heterocycles. The van der Waals surface area contributed by atoms with Crippen molar-refractivity contribution in [3.63, 3.8) is 0 Å². The number of rotatable bonds is 7. The van der Waals surface area contributed by atoms with Gasteiger partial charge in [-0.2, -0.15) is 9.97 Å². The molecule has 31 heavy (non-hydrogen) atoms. The number of carbonyl (C=O) groups excluding carboxylic acids is 2. The standard InChI is InChI=1S/C18H22N4O8S/c1-7(2)29-12-10(5-27-8(3)23)11(6-28-9(4)24)30-16(12)22-14-13(31-18(22)26)15(25)21-17(19)20-14/h10-12,16H,1,5-6H2,2-4H3,(H3,19,20,21,25)/t10-,11-,12-,16-/m1/s1. The molecule has 3 rings (SSSR count). The number of carbonyl (C=O) groups is 2. The Labute approximate surface area is 180 Å². The van der Waals surface area contributed by atoms with Crippen molar-refractivity contribution < 1.29 is 33.6 Å². The molecule has 0 spiro atoms. The summed E-state index contributed by atoms with van der Waals surface area (Å²) in [5.74, 6) is -2.01. The van der Waals surface area contributed by atoms with E-state index < -0.39 is 47.0 Å². The highest BCUT2D eigenvalue weighted by Crippen LogP contribution is 2.39. The second kappa shape index (κ2) is 8.89. The van der Waals surface area contributed by atoms with Crippen molar-refractivity contribution in [1.29, 1.82) is 0 Å². The molecule has 0 amide bonds. The second-order valence-electron chi connectivity index (χ2n) is 6.91. The minimum atomic E-state index is -1.06. The van der Waals surface area contributed by atoms with Gasteiger partial charge < -0.3 is 29.8 Å². The van der Waals surface area contributed by atoms with E-state index in [1.54, 1.807) is 6.92 Å². The molecule has 2 aromatic rings. The largest absolute Gasteiger partial charge is 0.492 e. The van der Waals surface area contributed by atoms with Crippen LogP contribution in [0.1, 0.15) is 27.0 Å². The highest BCUT2D eigenvalue weighted by atomic mass is 32.1. The number of aromatic nitrogens is 3. The van der Waals surface area contributed by atoms with Gasteiger partial charge in [0.1, 0.15) is 24.0 Å². The number of thiazole rings is 1. The monoisotopic (exact) mass is 454 g/mol. The minimum Gasteiger partial charge on any atom is -0.492 e. The van der Waals surface area contributed by atoms with Crippen LogP contribution in [0.25, 0.3) is 10.3 Å². The number of esters is 2. The summed E-state index contributed by atoms with van der Waals surface area (Å²) in [5.41, 5.74) is 5.69. The maximum Gasteiger partial charge on any atom is 0.311 e. The third-order valence-corrected chi connectivity index (χ3v) is 5.42. The van der Waals surface area contributed by atoms with Crippen molar-refractivity contribution in [3.05, 3.63) is 22.0 Å². The van der Waals surface area contributed by atoms with E-state index in [4.69, 9.17) is 24.7 Å². The Morgan fingerprint density at radius 3 is 2.48 bits per heavy atom. The smallest absolute Gasteiger partial charge is 0.311 e. The quantitative estimate of drug-likeness (QED) is 0.447. The van der Waals surface area contributed by atoms with Crippen LogP contribution in [0.3, 0.4) is 0 Å². The van der Waals surface area contributed by atoms with Gasteiger partial charge in [0, 0.05) is 13.8 Å². The summed E-state index contributed by atoms with van der Waals surface area (Å²) in [5, 5.41) is 10.1. The summed E-state index contributed by atoms with van der Waals surface area (Å²) in [6, 6.07) is 0. The summed E-state index contributed by atoms with van der Waals surface area (Å²) >= 11 is 0.709. The average Bonchev–Trinajstić information content (AvgIpc) is 3.14. The molecule has 0 bridgehead atoms. The number of nitrogen functional groups attached to an aromatic ring is 1. The lowest BCUT2D eigenvalue weighted by atomic mass is 9.99. The predicted molar refractivity (Wildman–Crippen MR) is 108 cm³/mol. The SMILES string of the molecule is C=C(C)O[C@@H]1[C@H](COC(C)=O)[C@@H](COC(C)=O)O[C@H]1n1c(=O)sc2c(O)nc(N)nc21. The zero-order valence-corrected chi connectivity index (χ0v) is 17.9. The lowest BCUT2D eigenvalue weighted by molar-refractivity contribution is -0.149. The Hall–Kier alpha value is -3.19. The highest BCUT2D eigenvalue weighted by molar-refractivity contribution is 7.16. The number of anilines is 1. The first kappa shape index (κ1) is 22.5. The fourth-order valence-electron chi connectivity index (χ4n) is 3.29. The maximum absolute atomic E-state index is 12.8. The molecule has 1 aliphatic rings. The third-order valence-electron chi connectivity index (χ3n) is 4.48. The molecule has 0 aliphatic carbocycles. The van der Waals surface area contributed by atoms with E-state index in [0.29, 0.717) is 17.1 Å². The van der Waals surface area contributed by atoms with Crippen molar-refractivity contribution in [2.75, 3.05) is 18.9 Å². The topological polar surface area (TPSA) is 165 Å². The third kappa shape index (κ3) is 4.77. The van der Waals surface area contributed by atoms with E-state index >= 15 is 0 Å². The number of nitrogens with two attached hydrogens (primary N) is 1. The van der Waals surface area contributed by atoms with Gasteiger partial charge in [-0.3, -0.25) is 19.0 Å². The molecule has 1 aliphatic heterocycles. The number of ether oxygens (including phenoxy) is 4. The van der Waals surface area contributed by atoms with E-state index in [-0.39, 0.29) is 29.5 Å². The van der Waals surface area contributed by atoms with Crippen molar-refractivity contribution in [1.82, 2.24) is 14.5 Å². The molecule has 0 radical (unpaired) electrons. The normalized spacial score (nSPS) is 22.9. The van der Waals surface area contributed by atoms with Gasteiger partial charge in [-0.15, -0.1) is 0 Å². The predicted octanol–water partition coefficient (Wildman–Crippen LogP) is 0.699. The van der Waals surface area contributed by atoms with Crippen LogP contribution in [0.15, 0.2) is 17.1 Å². The minimum absolute atomic E-state index is 0.0553. The zero-order valence-electron chi connectivity index (χ0n) is 17.1. The number of hydrogen-bond donors (Lipinski definition) is 2. The van der Waals surface area contributed by atoms with Crippen molar-refractivity contribution in [2.24, 2.45) is 5.92 Å². The van der Waals surface area contributed by atoms with Crippen LogP contribution in [0, 0.1) is 5.92 Å². The Balaban J connectivity index is 2.08. The van der Waals surface area contributed by atoms with Gasteiger partial charge in [0.15, 0.2) is 18.0 Å². The van der Waals surface area contributed by atoms with Gasteiger partial charge in [0.05, 0.1) is 11.7 Å². The molecule has 0 saturated carbocycles. The van der Waals surface area contributed by atoms with Gasteiger partial charge in [-0.25, -0.2) is 0 Å². The van der Waals surface area contributed by atoms with Crippen LogP contribution in [0.4, 0.5) is 5.95 Å². The van der Waals surface area contributed by atoms with E-state index in [1.165, 1.54) is 18.4 Å². The van der Waals surface area contributed by atoms with Gasteiger partial charge in [0.25, 0.3) is 0 Å². The zero-order chi connectivity index (χ0) is 22.9. The molecule has 1 fully saturated rings. The summed E-state index contributed by atoms with van der Waals surface area (Å²) < 4.78 is 23.4. The van der Waals surface area contributed by atoms with E-state index in [0.717, 1.165) is 0 Å². The molecule has 0 aromatic carbocycles. The molecule has 168 valence electrons. The Kier molecular flexibility index (Phi) is 6.45. The summed E-state index contributed by atoms with van der Waals surface area (Å²) in [4.78, 5) is 42.7. The highest BCUT2D eigenvalue weighted by Gasteiger charge is 2.49. The molecule has 13 heteroatoms. The average molecular weight is 454 g/mol. The van der Waals surface area contributed by atoms with Crippen LogP contribution in [-0.4, -0.2) is 57.0 Å². The lowest BCUT2D eigenvalue weighted by Gasteiger charge is -2.25. The number of nitrogens with zero attached hydrogens (tertiary/aromatic N) is 3. The second-order valence-corrected chi connectivity index (χ2v) is 7.88. The molecule has 3 N–H and O–H groups in total. The number of hydrogen-bond acceptors (Lipinski definition) is 12. The fourth-order valence-corrected chi connectivity index (χ4v) is 4.13. The fraction of sp³-hybridized carbons (Fsp3) is 0.500. The van der Waals surface area contributed by atoms with Gasteiger partial charge >= 0.3 is 16.8 Å². The molecule has 2 aromatic heterocycles. The molecular formula is C18H22N4O8S. The number of allylic oxidation sites excluding steroid dienone is 1. The van der Waals surface area contributed by atoms with Crippen molar-refractivity contribution in [2.45, 2.75) is 39.2 Å². The van der Waals surface area contributed by atoms with Crippen LogP contribution in [0.2, 0.25) is 0 Å². The van der Waals surface area contributed by atoms with Crippen LogP contribution < -0.4 is 10.6 Å². The molecule has 4 atom stereocenters. The first-order valence-electron chi connectivity index (χ1n) is 9.20. The van der Waals surface area contributed by atoms with Crippen molar-refractivity contribution in [3.8, 4) is 5.88 Å². The summed E-state index contributed by atoms with van der Waals surface area (Å²) in [6.45, 7) is 7.57. The molecule has 12 nitrogen and oxygen atoms in total. The first-order valence-corrected chi connectivity index (χ1v) is 10.0. The maximum atomic E-state index is 12.8. The molecular weight excluding hydrogens is 432 g/mol. The Morgan fingerprint density at radius 1 is 1.23 bits per heavy atom. The number of aromatic hydroxyl groups is 1. The lowest BCUT2D eigenvalue weighted by Crippen LogP contribution is -2.36. The van der Waals surface area contributed by atoms with Crippen LogP contribution in [-0.2, 0) is 28.5 Å². The Bertz CT molecular complexity index is 1080. The van der Waals surface area contributed by atoms with Gasteiger partial charge in [-0.05, 0) is 6.92 Å². The van der Waals surface area contributed by atoms with Gasteiger partial charge in [-0.1, -0.05) is 17.9 Å². The van der Waals surface area contributed by atoms with Crippen molar-refractivity contribution >= 4 is 39.6 Å². The summed E-state index contributed by atoms with van der Waals surface area (Å²) in [7, 11) is 0. The van der Waals surface area contributed by atoms with Crippen LogP contribution in [0.5, 0.6) is 5.88 Å². The first-order chi connectivity index (χ1) is 14.6. The molecule has 0 unspecified atom stereocenters. The van der Waals surface area contributed by atoms with E-state index in [9.17, 15) is 19.5 Å². The summed E-state index contributed by atoms with van der Waals surface area (Å²) in [6.07, 6.45) is -2.69.